The van der Waals surface area contributed by atoms with Crippen molar-refractivity contribution in [2.75, 3.05) is 38.5 Å². The highest BCUT2D eigenvalue weighted by molar-refractivity contribution is 7.15. The van der Waals surface area contributed by atoms with Crippen LogP contribution >= 0.6 is 11.3 Å². The topological polar surface area (TPSA) is 102 Å². The van der Waals surface area contributed by atoms with Crippen molar-refractivity contribution < 1.29 is 23.8 Å². The molecule has 2 N–H and O–H groups in total. The van der Waals surface area contributed by atoms with Gasteiger partial charge in [0.15, 0.2) is 5.13 Å². The van der Waals surface area contributed by atoms with Crippen molar-refractivity contribution in [1.29, 1.82) is 0 Å². The molecule has 144 valence electrons. The van der Waals surface area contributed by atoms with E-state index in [1.165, 1.54) is 25.6 Å². The minimum Gasteiger partial charge on any atom is -0.497 e. The molecular weight excluding hydrogens is 372 g/mol. The Balaban J connectivity index is 1.68. The molecule has 0 unspecified atom stereocenters. The number of anilines is 2. The van der Waals surface area contributed by atoms with Crippen LogP contribution in [0.4, 0.5) is 20.4 Å². The zero-order valence-corrected chi connectivity index (χ0v) is 16.0. The second kappa shape index (κ2) is 8.12. The largest absolute Gasteiger partial charge is 0.497 e. The first-order valence-electron chi connectivity index (χ1n) is 8.15. The van der Waals surface area contributed by atoms with Gasteiger partial charge in [-0.3, -0.25) is 5.32 Å². The Morgan fingerprint density at radius 2 is 2.00 bits per heavy atom. The molecule has 0 atom stereocenters. The zero-order chi connectivity index (χ0) is 19.4. The monoisotopic (exact) mass is 392 g/mol. The lowest BCUT2D eigenvalue weighted by atomic mass is 10.2. The molecule has 2 heterocycles. The molecule has 0 saturated heterocycles. The molecule has 0 aliphatic carbocycles. The number of nitrogens with one attached hydrogen (secondary N) is 2. The average Bonchev–Trinajstić information content (AvgIpc) is 3.09. The van der Waals surface area contributed by atoms with Crippen molar-refractivity contribution in [3.05, 3.63) is 28.8 Å². The quantitative estimate of drug-likeness (QED) is 0.829. The number of urea groups is 1. The first-order chi connectivity index (χ1) is 13.0. The summed E-state index contributed by atoms with van der Waals surface area (Å²) in [6, 6.07) is 4.95. The van der Waals surface area contributed by atoms with Crippen LogP contribution in [0.5, 0.6) is 11.5 Å². The fourth-order valence-electron chi connectivity index (χ4n) is 2.66. The lowest BCUT2D eigenvalue weighted by molar-refractivity contribution is 0.187. The molecule has 0 saturated carbocycles. The van der Waals surface area contributed by atoms with Gasteiger partial charge in [-0.2, -0.15) is 0 Å². The van der Waals surface area contributed by atoms with Gasteiger partial charge in [-0.05, 0) is 12.1 Å². The number of carbonyl (C=O) groups is 2. The van der Waals surface area contributed by atoms with E-state index in [4.69, 9.17) is 9.47 Å². The van der Waals surface area contributed by atoms with Gasteiger partial charge in [0.2, 0.25) is 0 Å². The second-order valence-electron chi connectivity index (χ2n) is 5.67. The van der Waals surface area contributed by atoms with E-state index in [0.717, 1.165) is 10.6 Å². The van der Waals surface area contributed by atoms with Gasteiger partial charge in [0, 0.05) is 23.9 Å². The SMILES string of the molecule is COC(=O)Nc1nc2c(s1)CN(C(=O)Nc1ccc(OC)cc1OC)CC2. The Bertz CT molecular complexity index is 854. The smallest absolute Gasteiger partial charge is 0.413 e. The maximum Gasteiger partial charge on any atom is 0.413 e. The minimum absolute atomic E-state index is 0.236. The van der Waals surface area contributed by atoms with Crippen LogP contribution in [0.25, 0.3) is 0 Å². The van der Waals surface area contributed by atoms with Crippen molar-refractivity contribution >= 4 is 34.3 Å². The third-order valence-corrected chi connectivity index (χ3v) is 5.06. The highest BCUT2D eigenvalue weighted by Crippen LogP contribution is 2.31. The van der Waals surface area contributed by atoms with Gasteiger partial charge >= 0.3 is 12.1 Å². The van der Waals surface area contributed by atoms with Crippen LogP contribution in [-0.2, 0) is 17.7 Å². The molecule has 0 spiro atoms. The summed E-state index contributed by atoms with van der Waals surface area (Å²) >= 11 is 1.33. The number of benzene rings is 1. The van der Waals surface area contributed by atoms with Gasteiger partial charge in [0.25, 0.3) is 0 Å². The van der Waals surface area contributed by atoms with Gasteiger partial charge in [-0.15, -0.1) is 0 Å². The molecule has 1 aromatic carbocycles. The molecule has 0 bridgehead atoms. The van der Waals surface area contributed by atoms with Crippen LogP contribution < -0.4 is 20.1 Å². The van der Waals surface area contributed by atoms with Gasteiger partial charge in [-0.25, -0.2) is 14.6 Å². The highest BCUT2D eigenvalue weighted by atomic mass is 32.1. The number of methoxy groups -OCH3 is 3. The average molecular weight is 392 g/mol. The summed E-state index contributed by atoms with van der Waals surface area (Å²) in [4.78, 5) is 31.0. The van der Waals surface area contributed by atoms with E-state index >= 15 is 0 Å². The predicted octanol–water partition coefficient (Wildman–Crippen LogP) is 2.93. The number of fused-ring (bicyclic) bond motifs is 1. The van der Waals surface area contributed by atoms with E-state index in [9.17, 15) is 9.59 Å². The second-order valence-corrected chi connectivity index (χ2v) is 6.76. The Morgan fingerprint density at radius 1 is 1.19 bits per heavy atom. The summed E-state index contributed by atoms with van der Waals surface area (Å²) in [5.74, 6) is 1.16. The van der Waals surface area contributed by atoms with Crippen LogP contribution in [0.15, 0.2) is 18.2 Å². The third-order valence-electron chi connectivity index (χ3n) is 4.06. The number of thiazole rings is 1. The Hall–Kier alpha value is -3.01. The summed E-state index contributed by atoms with van der Waals surface area (Å²) in [6.45, 7) is 0.943. The lowest BCUT2D eigenvalue weighted by Crippen LogP contribution is -2.38. The van der Waals surface area contributed by atoms with Crippen LogP contribution in [0.1, 0.15) is 10.6 Å². The van der Waals surface area contributed by atoms with E-state index in [-0.39, 0.29) is 6.03 Å². The molecule has 9 nitrogen and oxygen atoms in total. The number of amides is 3. The number of hydrogen-bond acceptors (Lipinski definition) is 7. The molecule has 10 heteroatoms. The van der Waals surface area contributed by atoms with Gasteiger partial charge in [0.1, 0.15) is 11.5 Å². The molecular formula is C17H20N4O5S. The first-order valence-corrected chi connectivity index (χ1v) is 8.97. The number of aromatic nitrogens is 1. The fraction of sp³-hybridized carbons (Fsp3) is 0.353. The Kier molecular flexibility index (Phi) is 5.65. The van der Waals surface area contributed by atoms with Gasteiger partial charge < -0.3 is 24.4 Å². The molecule has 0 fully saturated rings. The standard InChI is InChI=1S/C17H20N4O5S/c1-24-10-4-5-11(13(8-10)25-2)19-16(22)21-7-6-12-14(9-21)27-15(18-12)20-17(23)26-3/h4-5,8H,6-7,9H2,1-3H3,(H,19,22)(H,18,20,23). The zero-order valence-electron chi connectivity index (χ0n) is 15.2. The van der Waals surface area contributed by atoms with Crippen molar-refractivity contribution in [3.63, 3.8) is 0 Å². The number of carbonyl (C=O) groups excluding carboxylic acids is 2. The molecule has 1 aromatic heterocycles. The van der Waals surface area contributed by atoms with Gasteiger partial charge in [-0.1, -0.05) is 11.3 Å². The predicted molar refractivity (Wildman–Crippen MR) is 101 cm³/mol. The van der Waals surface area contributed by atoms with E-state index in [1.54, 1.807) is 30.2 Å². The highest BCUT2D eigenvalue weighted by Gasteiger charge is 2.25. The summed E-state index contributed by atoms with van der Waals surface area (Å²) in [5.41, 5.74) is 1.45. The molecule has 1 aliphatic heterocycles. The van der Waals surface area contributed by atoms with Crippen molar-refractivity contribution in [1.82, 2.24) is 9.88 Å². The van der Waals surface area contributed by atoms with E-state index in [1.807, 2.05) is 0 Å². The first kappa shape index (κ1) is 18.8. The Morgan fingerprint density at radius 3 is 2.70 bits per heavy atom. The number of hydrogen-bond donors (Lipinski definition) is 2. The molecule has 1 aliphatic rings. The Labute approximate surface area is 160 Å². The molecule has 2 aromatic rings. The van der Waals surface area contributed by atoms with Crippen molar-refractivity contribution in [3.8, 4) is 11.5 Å². The summed E-state index contributed by atoms with van der Waals surface area (Å²) in [5, 5.41) is 5.88. The third kappa shape index (κ3) is 4.22. The van der Waals surface area contributed by atoms with Crippen LogP contribution in [0.2, 0.25) is 0 Å². The fourth-order valence-corrected chi connectivity index (χ4v) is 3.67. The summed E-state index contributed by atoms with van der Waals surface area (Å²) < 4.78 is 15.0. The maximum atomic E-state index is 12.7. The van der Waals surface area contributed by atoms with Gasteiger partial charge in [0.05, 0.1) is 39.3 Å². The number of nitrogens with zero attached hydrogens (tertiary/aromatic N) is 2. The van der Waals surface area contributed by atoms with Crippen LogP contribution in [0, 0.1) is 0 Å². The van der Waals surface area contributed by atoms with Crippen LogP contribution in [-0.4, -0.2) is 49.9 Å². The molecule has 27 heavy (non-hydrogen) atoms. The van der Waals surface area contributed by atoms with Crippen molar-refractivity contribution in [2.24, 2.45) is 0 Å². The molecule has 3 rings (SSSR count). The summed E-state index contributed by atoms with van der Waals surface area (Å²) in [6.07, 6.45) is 0.0456. The number of ether oxygens (including phenoxy) is 3. The minimum atomic E-state index is -0.567. The van der Waals surface area contributed by atoms with Crippen molar-refractivity contribution in [2.45, 2.75) is 13.0 Å². The molecule has 0 radical (unpaired) electrons. The van der Waals surface area contributed by atoms with E-state index < -0.39 is 6.09 Å². The van der Waals surface area contributed by atoms with E-state index in [2.05, 4.69) is 20.4 Å². The normalized spacial score (nSPS) is 12.8. The van der Waals surface area contributed by atoms with Crippen LogP contribution in [0.3, 0.4) is 0 Å². The maximum absolute atomic E-state index is 12.7. The number of rotatable bonds is 4. The lowest BCUT2D eigenvalue weighted by Gasteiger charge is -2.26. The summed E-state index contributed by atoms with van der Waals surface area (Å²) in [7, 11) is 4.39. The molecule has 3 amide bonds. The van der Waals surface area contributed by atoms with E-state index in [0.29, 0.717) is 41.8 Å².